The molecule has 1 saturated carbocycles. The molecule has 2 fully saturated rings. The quantitative estimate of drug-likeness (QED) is 0.548. The highest BCUT2D eigenvalue weighted by molar-refractivity contribution is 6.74. The van der Waals surface area contributed by atoms with Gasteiger partial charge < -0.3 is 9.16 Å². The highest BCUT2D eigenvalue weighted by Crippen LogP contribution is 2.40. The minimum Gasteiger partial charge on any atom is -0.414 e. The maximum Gasteiger partial charge on any atom is 0.192 e. The topological polar surface area (TPSA) is 21.8 Å². The van der Waals surface area contributed by atoms with Crippen molar-refractivity contribution in [2.24, 2.45) is 0 Å². The van der Waals surface area contributed by atoms with Gasteiger partial charge in [0, 0.05) is 6.10 Å². The lowest BCUT2D eigenvalue weighted by atomic mass is 9.99. The van der Waals surface area contributed by atoms with E-state index in [2.05, 4.69) is 33.9 Å². The van der Waals surface area contributed by atoms with Crippen molar-refractivity contribution in [3.8, 4) is 0 Å². The van der Waals surface area contributed by atoms with Crippen molar-refractivity contribution in [3.05, 3.63) is 0 Å². The molecule has 100 valence electrons. The molecule has 0 radical (unpaired) electrons. The molecule has 2 rings (SSSR count). The van der Waals surface area contributed by atoms with Crippen molar-refractivity contribution in [2.75, 3.05) is 0 Å². The molecule has 1 aliphatic heterocycles. The van der Waals surface area contributed by atoms with Gasteiger partial charge in [-0.1, -0.05) is 20.8 Å². The molecule has 0 amide bonds. The molecule has 1 saturated heterocycles. The Kier molecular flexibility index (Phi) is 3.73. The fourth-order valence-electron chi connectivity index (χ4n) is 2.44. The van der Waals surface area contributed by atoms with Crippen molar-refractivity contribution < 1.29 is 9.16 Å². The van der Waals surface area contributed by atoms with Crippen LogP contribution in [0.25, 0.3) is 0 Å². The van der Waals surface area contributed by atoms with Gasteiger partial charge in [0.25, 0.3) is 0 Å². The summed E-state index contributed by atoms with van der Waals surface area (Å²) < 4.78 is 12.2. The number of hydrogen-bond donors (Lipinski definition) is 0. The standard InChI is InChI=1S/C14H28O2Si/c1-14(2,3)17(4,5)16-11-7-6-8-12-13(15-12)10-9-11/h11-13H,6-10H2,1-5H3/t11-,12-,13+/m0/s1. The number of ether oxygens (including phenoxy) is 1. The van der Waals surface area contributed by atoms with Crippen LogP contribution >= 0.6 is 0 Å². The monoisotopic (exact) mass is 256 g/mol. The van der Waals surface area contributed by atoms with E-state index in [4.69, 9.17) is 9.16 Å². The first-order valence-corrected chi connectivity index (χ1v) is 10.0. The fourth-order valence-corrected chi connectivity index (χ4v) is 3.86. The molecule has 1 aliphatic carbocycles. The summed E-state index contributed by atoms with van der Waals surface area (Å²) in [6.07, 6.45) is 7.84. The first-order chi connectivity index (χ1) is 7.79. The van der Waals surface area contributed by atoms with Crippen LogP contribution in [0.5, 0.6) is 0 Å². The van der Waals surface area contributed by atoms with E-state index in [0.717, 1.165) is 0 Å². The number of hydrogen-bond acceptors (Lipinski definition) is 2. The Bertz CT molecular complexity index is 270. The molecular formula is C14H28O2Si. The Labute approximate surface area is 107 Å². The summed E-state index contributed by atoms with van der Waals surface area (Å²) in [5.41, 5.74) is 0. The second-order valence-electron chi connectivity index (χ2n) is 7.22. The molecule has 0 N–H and O–H groups in total. The fraction of sp³-hybridized carbons (Fsp3) is 1.00. The molecule has 3 heteroatoms. The SMILES string of the molecule is CC(C)(C)[Si](C)(C)O[C@H]1CCC[C@@H]2O[C@@H]2CC1. The molecular weight excluding hydrogens is 228 g/mol. The van der Waals surface area contributed by atoms with E-state index in [9.17, 15) is 0 Å². The van der Waals surface area contributed by atoms with Gasteiger partial charge in [-0.15, -0.1) is 0 Å². The Hall–Kier alpha value is 0.137. The van der Waals surface area contributed by atoms with Crippen LogP contribution in [0.3, 0.4) is 0 Å². The normalized spacial score (nSPS) is 34.8. The lowest BCUT2D eigenvalue weighted by molar-refractivity contribution is 0.151. The van der Waals surface area contributed by atoms with Gasteiger partial charge in [0.15, 0.2) is 8.32 Å². The highest BCUT2D eigenvalue weighted by Gasteiger charge is 2.42. The molecule has 0 aromatic heterocycles. The van der Waals surface area contributed by atoms with E-state index in [0.29, 0.717) is 23.4 Å². The summed E-state index contributed by atoms with van der Waals surface area (Å²) in [5.74, 6) is 0. The van der Waals surface area contributed by atoms with E-state index in [1.165, 1.54) is 32.1 Å². The van der Waals surface area contributed by atoms with Crippen LogP contribution < -0.4 is 0 Å². The van der Waals surface area contributed by atoms with Gasteiger partial charge in [-0.2, -0.15) is 0 Å². The van der Waals surface area contributed by atoms with Gasteiger partial charge in [-0.25, -0.2) is 0 Å². The van der Waals surface area contributed by atoms with Gasteiger partial charge >= 0.3 is 0 Å². The summed E-state index contributed by atoms with van der Waals surface area (Å²) in [4.78, 5) is 0. The molecule has 3 atom stereocenters. The van der Waals surface area contributed by atoms with Gasteiger partial charge in [-0.05, 0) is 50.2 Å². The zero-order chi connectivity index (χ0) is 12.7. The molecule has 0 unspecified atom stereocenters. The van der Waals surface area contributed by atoms with Crippen LogP contribution in [0, 0.1) is 0 Å². The minimum atomic E-state index is -1.58. The molecule has 17 heavy (non-hydrogen) atoms. The Balaban J connectivity index is 1.88. The third-order valence-corrected chi connectivity index (χ3v) is 9.28. The van der Waals surface area contributed by atoms with Gasteiger partial charge in [0.1, 0.15) is 0 Å². The zero-order valence-electron chi connectivity index (χ0n) is 12.1. The summed E-state index contributed by atoms with van der Waals surface area (Å²) in [5, 5.41) is 0.327. The van der Waals surface area contributed by atoms with Crippen LogP contribution in [0.4, 0.5) is 0 Å². The van der Waals surface area contributed by atoms with Crippen molar-refractivity contribution in [2.45, 2.75) is 89.3 Å². The van der Waals surface area contributed by atoms with Crippen LogP contribution in [0.15, 0.2) is 0 Å². The third-order valence-electron chi connectivity index (χ3n) is 4.74. The maximum atomic E-state index is 6.53. The number of fused-ring (bicyclic) bond motifs is 1. The van der Waals surface area contributed by atoms with E-state index in [-0.39, 0.29) is 0 Å². The van der Waals surface area contributed by atoms with Crippen LogP contribution in [0.1, 0.15) is 52.9 Å². The first-order valence-electron chi connectivity index (χ1n) is 7.13. The number of rotatable bonds is 2. The van der Waals surface area contributed by atoms with Crippen LogP contribution in [-0.2, 0) is 9.16 Å². The minimum absolute atomic E-state index is 0.327. The Morgan fingerprint density at radius 2 is 1.65 bits per heavy atom. The van der Waals surface area contributed by atoms with Crippen molar-refractivity contribution in [3.63, 3.8) is 0 Å². The molecule has 0 spiro atoms. The second-order valence-corrected chi connectivity index (χ2v) is 12.0. The Morgan fingerprint density at radius 3 is 2.29 bits per heavy atom. The lowest BCUT2D eigenvalue weighted by Crippen LogP contribution is -2.44. The summed E-state index contributed by atoms with van der Waals surface area (Å²) in [6.45, 7) is 11.7. The van der Waals surface area contributed by atoms with Gasteiger partial charge in [0.2, 0.25) is 0 Å². The van der Waals surface area contributed by atoms with Crippen LogP contribution in [-0.4, -0.2) is 26.6 Å². The van der Waals surface area contributed by atoms with Gasteiger partial charge in [-0.3, -0.25) is 0 Å². The molecule has 2 nitrogen and oxygen atoms in total. The largest absolute Gasteiger partial charge is 0.414 e. The second kappa shape index (κ2) is 4.67. The van der Waals surface area contributed by atoms with Crippen molar-refractivity contribution >= 4 is 8.32 Å². The average Bonchev–Trinajstić information content (AvgIpc) is 2.86. The summed E-state index contributed by atoms with van der Waals surface area (Å²) >= 11 is 0. The smallest absolute Gasteiger partial charge is 0.192 e. The van der Waals surface area contributed by atoms with Crippen LogP contribution in [0.2, 0.25) is 18.1 Å². The lowest BCUT2D eigenvalue weighted by Gasteiger charge is -2.39. The van der Waals surface area contributed by atoms with E-state index in [1.807, 2.05) is 0 Å². The average molecular weight is 256 g/mol. The Morgan fingerprint density at radius 1 is 1.00 bits per heavy atom. The summed E-state index contributed by atoms with van der Waals surface area (Å²) in [7, 11) is -1.58. The molecule has 0 bridgehead atoms. The molecule has 2 aliphatic rings. The number of epoxide rings is 1. The molecule has 0 aromatic carbocycles. The predicted molar refractivity (Wildman–Crippen MR) is 73.8 cm³/mol. The maximum absolute atomic E-state index is 6.53. The zero-order valence-corrected chi connectivity index (χ0v) is 13.1. The highest BCUT2D eigenvalue weighted by atomic mass is 28.4. The molecule has 1 heterocycles. The third kappa shape index (κ3) is 3.33. The molecule has 0 aromatic rings. The van der Waals surface area contributed by atoms with E-state index < -0.39 is 8.32 Å². The van der Waals surface area contributed by atoms with E-state index >= 15 is 0 Å². The van der Waals surface area contributed by atoms with Crippen molar-refractivity contribution in [1.29, 1.82) is 0 Å². The van der Waals surface area contributed by atoms with Crippen molar-refractivity contribution in [1.82, 2.24) is 0 Å². The predicted octanol–water partition coefficient (Wildman–Crippen LogP) is 4.11. The summed E-state index contributed by atoms with van der Waals surface area (Å²) in [6, 6.07) is 0. The first kappa shape index (κ1) is 13.6. The van der Waals surface area contributed by atoms with Gasteiger partial charge in [0.05, 0.1) is 12.2 Å². The van der Waals surface area contributed by atoms with E-state index in [1.54, 1.807) is 0 Å².